The van der Waals surface area contributed by atoms with Gasteiger partial charge in [-0.1, -0.05) is 23.2 Å². The molecular formula is C16H15Cl3N6O. The molecule has 0 aliphatic rings. The Balaban J connectivity index is 2.04. The lowest BCUT2D eigenvalue weighted by Crippen LogP contribution is -2.17. The highest BCUT2D eigenvalue weighted by atomic mass is 35.5. The van der Waals surface area contributed by atoms with E-state index in [0.29, 0.717) is 41.6 Å². The Morgan fingerprint density at radius 1 is 1.15 bits per heavy atom. The third-order valence-corrected chi connectivity index (χ3v) is 4.46. The zero-order chi connectivity index (χ0) is 18.7. The van der Waals surface area contributed by atoms with Crippen molar-refractivity contribution >= 4 is 63.1 Å². The second-order valence-corrected chi connectivity index (χ2v) is 6.48. The molecule has 0 bridgehead atoms. The van der Waals surface area contributed by atoms with E-state index in [1.807, 2.05) is 6.92 Å². The number of rotatable bonds is 6. The summed E-state index contributed by atoms with van der Waals surface area (Å²) in [5, 5.41) is 11.4. The number of aryl methyl sites for hydroxylation is 1. The number of amides is 1. The van der Waals surface area contributed by atoms with Crippen molar-refractivity contribution in [2.24, 2.45) is 0 Å². The van der Waals surface area contributed by atoms with E-state index in [1.54, 1.807) is 10.9 Å². The number of aromatic nitrogens is 4. The quantitative estimate of drug-likeness (QED) is 0.595. The zero-order valence-corrected chi connectivity index (χ0v) is 16.0. The van der Waals surface area contributed by atoms with Crippen molar-refractivity contribution in [3.63, 3.8) is 0 Å². The summed E-state index contributed by atoms with van der Waals surface area (Å²) in [7, 11) is 0. The molecule has 0 saturated heterocycles. The topological polar surface area (TPSA) is 84.7 Å². The molecule has 3 rings (SSSR count). The van der Waals surface area contributed by atoms with Gasteiger partial charge in [-0.2, -0.15) is 5.10 Å². The number of carbonyl (C=O) groups excluding carboxylic acids is 1. The van der Waals surface area contributed by atoms with E-state index in [0.717, 1.165) is 5.39 Å². The summed E-state index contributed by atoms with van der Waals surface area (Å²) >= 11 is 18.0. The minimum absolute atomic E-state index is 0.244. The van der Waals surface area contributed by atoms with Crippen molar-refractivity contribution in [2.75, 3.05) is 23.1 Å². The average Bonchev–Trinajstić information content (AvgIpc) is 3.06. The van der Waals surface area contributed by atoms with Crippen molar-refractivity contribution < 1.29 is 4.79 Å². The summed E-state index contributed by atoms with van der Waals surface area (Å²) in [6.45, 7) is 3.11. The van der Waals surface area contributed by atoms with Crippen LogP contribution in [-0.2, 0) is 6.54 Å². The number of carbonyl (C=O) groups is 1. The van der Waals surface area contributed by atoms with Crippen LogP contribution >= 0.6 is 34.8 Å². The van der Waals surface area contributed by atoms with Crippen LogP contribution < -0.4 is 10.6 Å². The molecule has 3 aromatic heterocycles. The standard InChI is InChI=1S/C16H15Cl3N6O/c1-2-25-15-9(6-23-25)13(21-4-3-17)10(5-22-15)16(26)24-14-11(18)7-20-8-12(14)19/h5-8H,2-4H2,1H3,(H,21,22)(H,20,24,26). The Morgan fingerprint density at radius 3 is 2.54 bits per heavy atom. The number of halogens is 3. The van der Waals surface area contributed by atoms with E-state index in [2.05, 4.69) is 25.7 Å². The lowest BCUT2D eigenvalue weighted by molar-refractivity contribution is 0.102. The molecule has 0 spiro atoms. The Hall–Kier alpha value is -2.09. The Labute approximate surface area is 164 Å². The summed E-state index contributed by atoms with van der Waals surface area (Å²) in [6.07, 6.45) is 5.97. The lowest BCUT2D eigenvalue weighted by Gasteiger charge is -2.14. The van der Waals surface area contributed by atoms with E-state index < -0.39 is 5.91 Å². The van der Waals surface area contributed by atoms with Gasteiger partial charge in [0.25, 0.3) is 5.91 Å². The van der Waals surface area contributed by atoms with Gasteiger partial charge < -0.3 is 10.6 Å². The van der Waals surface area contributed by atoms with Gasteiger partial charge in [-0.3, -0.25) is 9.78 Å². The van der Waals surface area contributed by atoms with Crippen LogP contribution in [0, 0.1) is 0 Å². The van der Waals surface area contributed by atoms with E-state index in [1.165, 1.54) is 18.6 Å². The number of pyridine rings is 2. The van der Waals surface area contributed by atoms with Crippen LogP contribution in [-0.4, -0.2) is 38.1 Å². The minimum Gasteiger partial charge on any atom is -0.383 e. The molecular weight excluding hydrogens is 399 g/mol. The molecule has 0 unspecified atom stereocenters. The molecule has 2 N–H and O–H groups in total. The van der Waals surface area contributed by atoms with E-state index in [-0.39, 0.29) is 10.0 Å². The molecule has 0 saturated carbocycles. The monoisotopic (exact) mass is 412 g/mol. The second kappa shape index (κ2) is 8.07. The van der Waals surface area contributed by atoms with Gasteiger partial charge in [0, 0.05) is 37.6 Å². The average molecular weight is 414 g/mol. The largest absolute Gasteiger partial charge is 0.383 e. The van der Waals surface area contributed by atoms with Gasteiger partial charge >= 0.3 is 0 Å². The Kier molecular flexibility index (Phi) is 5.80. The first-order chi connectivity index (χ1) is 12.6. The summed E-state index contributed by atoms with van der Waals surface area (Å²) in [5.41, 5.74) is 1.92. The number of hydrogen-bond acceptors (Lipinski definition) is 5. The molecule has 136 valence electrons. The molecule has 7 nitrogen and oxygen atoms in total. The normalized spacial score (nSPS) is 10.9. The van der Waals surface area contributed by atoms with Crippen LogP contribution in [0.25, 0.3) is 11.0 Å². The molecule has 0 radical (unpaired) electrons. The van der Waals surface area contributed by atoms with Crippen LogP contribution in [0.2, 0.25) is 10.0 Å². The maximum absolute atomic E-state index is 12.8. The highest BCUT2D eigenvalue weighted by Crippen LogP contribution is 2.31. The summed E-state index contributed by atoms with van der Waals surface area (Å²) in [6, 6.07) is 0. The van der Waals surface area contributed by atoms with Crippen molar-refractivity contribution in [3.8, 4) is 0 Å². The highest BCUT2D eigenvalue weighted by Gasteiger charge is 2.19. The molecule has 3 heterocycles. The number of anilines is 2. The first kappa shape index (κ1) is 18.7. The third-order valence-electron chi connectivity index (χ3n) is 3.70. The van der Waals surface area contributed by atoms with Gasteiger partial charge in [0.2, 0.25) is 0 Å². The number of nitrogens with one attached hydrogen (secondary N) is 2. The number of alkyl halides is 1. The van der Waals surface area contributed by atoms with Gasteiger partial charge in [0.15, 0.2) is 5.65 Å². The second-order valence-electron chi connectivity index (χ2n) is 5.29. The fraction of sp³-hybridized carbons (Fsp3) is 0.250. The summed E-state index contributed by atoms with van der Waals surface area (Å²) in [4.78, 5) is 21.1. The van der Waals surface area contributed by atoms with Crippen LogP contribution in [0.1, 0.15) is 17.3 Å². The zero-order valence-electron chi connectivity index (χ0n) is 13.8. The SMILES string of the molecule is CCn1ncc2c(NCCCl)c(C(=O)Nc3c(Cl)cncc3Cl)cnc21. The van der Waals surface area contributed by atoms with Gasteiger partial charge in [-0.25, -0.2) is 9.67 Å². The maximum Gasteiger partial charge on any atom is 0.259 e. The lowest BCUT2D eigenvalue weighted by atomic mass is 10.1. The van der Waals surface area contributed by atoms with Crippen molar-refractivity contribution in [1.82, 2.24) is 19.7 Å². The van der Waals surface area contributed by atoms with Crippen LogP contribution in [0.5, 0.6) is 0 Å². The molecule has 0 atom stereocenters. The minimum atomic E-state index is -0.407. The molecule has 3 aromatic rings. The first-order valence-electron chi connectivity index (χ1n) is 7.81. The van der Waals surface area contributed by atoms with Crippen LogP contribution in [0.15, 0.2) is 24.8 Å². The van der Waals surface area contributed by atoms with Gasteiger partial charge in [0.05, 0.1) is 38.6 Å². The van der Waals surface area contributed by atoms with E-state index >= 15 is 0 Å². The van der Waals surface area contributed by atoms with E-state index in [9.17, 15) is 4.79 Å². The molecule has 0 aromatic carbocycles. The highest BCUT2D eigenvalue weighted by molar-refractivity contribution is 6.39. The van der Waals surface area contributed by atoms with Crippen molar-refractivity contribution in [3.05, 3.63) is 40.4 Å². The Bertz CT molecular complexity index is 938. The predicted octanol–water partition coefficient (Wildman–Crippen LogP) is 4.06. The first-order valence-corrected chi connectivity index (χ1v) is 9.10. The van der Waals surface area contributed by atoms with Crippen molar-refractivity contribution in [2.45, 2.75) is 13.5 Å². The smallest absolute Gasteiger partial charge is 0.259 e. The maximum atomic E-state index is 12.8. The van der Waals surface area contributed by atoms with Gasteiger partial charge in [0.1, 0.15) is 0 Å². The summed E-state index contributed by atoms with van der Waals surface area (Å²) in [5.74, 6) is -0.0230. The fourth-order valence-electron chi connectivity index (χ4n) is 2.50. The molecule has 0 aliphatic carbocycles. The molecule has 10 heteroatoms. The number of hydrogen-bond donors (Lipinski definition) is 2. The predicted molar refractivity (Wildman–Crippen MR) is 105 cm³/mol. The van der Waals surface area contributed by atoms with Crippen LogP contribution in [0.4, 0.5) is 11.4 Å². The Morgan fingerprint density at radius 2 is 1.88 bits per heavy atom. The molecule has 0 aliphatic heterocycles. The fourth-order valence-corrected chi connectivity index (χ4v) is 3.06. The summed E-state index contributed by atoms with van der Waals surface area (Å²) < 4.78 is 1.75. The van der Waals surface area contributed by atoms with Crippen molar-refractivity contribution in [1.29, 1.82) is 0 Å². The van der Waals surface area contributed by atoms with Gasteiger partial charge in [-0.05, 0) is 6.92 Å². The van der Waals surface area contributed by atoms with E-state index in [4.69, 9.17) is 34.8 Å². The molecule has 0 fully saturated rings. The third kappa shape index (κ3) is 3.56. The number of fused-ring (bicyclic) bond motifs is 1. The van der Waals surface area contributed by atoms with Gasteiger partial charge in [-0.15, -0.1) is 11.6 Å². The number of nitrogens with zero attached hydrogens (tertiary/aromatic N) is 4. The molecule has 26 heavy (non-hydrogen) atoms. The van der Waals surface area contributed by atoms with Crippen LogP contribution in [0.3, 0.4) is 0 Å². The molecule has 1 amide bonds.